The summed E-state index contributed by atoms with van der Waals surface area (Å²) in [6.07, 6.45) is 10.8. The molecule has 26 heavy (non-hydrogen) atoms. The average molecular weight is 350 g/mol. The summed E-state index contributed by atoms with van der Waals surface area (Å²) in [6, 6.07) is 9.94. The third-order valence-electron chi connectivity index (χ3n) is 5.56. The number of hydrogen-bond donors (Lipinski definition) is 0. The van der Waals surface area contributed by atoms with Gasteiger partial charge in [-0.05, 0) is 48.1 Å². The van der Waals surface area contributed by atoms with Gasteiger partial charge < -0.3 is 9.64 Å². The van der Waals surface area contributed by atoms with Crippen LogP contribution in [0.2, 0.25) is 0 Å². The zero-order chi connectivity index (χ0) is 17.8. The lowest BCUT2D eigenvalue weighted by molar-refractivity contribution is 0.0695. The van der Waals surface area contributed by atoms with Gasteiger partial charge in [0.1, 0.15) is 5.75 Å². The first kappa shape index (κ1) is 17.1. The lowest BCUT2D eigenvalue weighted by atomic mass is 9.88. The second-order valence-electron chi connectivity index (χ2n) is 7.44. The van der Waals surface area contributed by atoms with Gasteiger partial charge in [0.25, 0.3) is 5.91 Å². The normalized spacial score (nSPS) is 16.8. The Labute approximate surface area is 155 Å². The number of rotatable bonds is 5. The number of aromatic nitrogens is 1. The molecule has 1 aliphatic carbocycles. The Balaban J connectivity index is 1.59. The molecule has 1 aromatic heterocycles. The van der Waals surface area contributed by atoms with Gasteiger partial charge >= 0.3 is 0 Å². The molecule has 0 N–H and O–H groups in total. The number of nitrogens with zero attached hydrogens (tertiary/aromatic N) is 2. The van der Waals surface area contributed by atoms with E-state index in [0.717, 1.165) is 29.8 Å². The van der Waals surface area contributed by atoms with Gasteiger partial charge in [-0.2, -0.15) is 0 Å². The third-order valence-corrected chi connectivity index (χ3v) is 5.56. The standard InChI is InChI=1S/C22H26N2O2/c25-22(20-8-4-7-19-11-14-26-21(19)20)24(15-17-5-2-1-3-6-17)16-18-9-12-23-13-10-18/h4,7-10,12-13,17H,1-3,5-6,11,14-16H2. The van der Waals surface area contributed by atoms with E-state index in [1.54, 1.807) is 12.4 Å². The van der Waals surface area contributed by atoms with E-state index in [1.807, 2.05) is 29.2 Å². The van der Waals surface area contributed by atoms with E-state index in [1.165, 1.54) is 32.1 Å². The Hall–Kier alpha value is -2.36. The van der Waals surface area contributed by atoms with Gasteiger partial charge in [-0.25, -0.2) is 0 Å². The second-order valence-corrected chi connectivity index (χ2v) is 7.44. The van der Waals surface area contributed by atoms with Gasteiger partial charge in [-0.15, -0.1) is 0 Å². The number of carbonyl (C=O) groups excluding carboxylic acids is 1. The number of benzene rings is 1. The van der Waals surface area contributed by atoms with Crippen molar-refractivity contribution in [2.75, 3.05) is 13.2 Å². The fourth-order valence-corrected chi connectivity index (χ4v) is 4.16. The van der Waals surface area contributed by atoms with Crippen LogP contribution < -0.4 is 4.74 Å². The van der Waals surface area contributed by atoms with Crippen molar-refractivity contribution < 1.29 is 9.53 Å². The van der Waals surface area contributed by atoms with Gasteiger partial charge in [-0.3, -0.25) is 9.78 Å². The molecule has 2 heterocycles. The molecule has 1 aromatic carbocycles. The van der Waals surface area contributed by atoms with Crippen LogP contribution in [0.1, 0.15) is 53.6 Å². The molecule has 0 saturated heterocycles. The van der Waals surface area contributed by atoms with Gasteiger partial charge in [0.2, 0.25) is 0 Å². The lowest BCUT2D eigenvalue weighted by Gasteiger charge is -2.30. The molecular formula is C22H26N2O2. The minimum Gasteiger partial charge on any atom is -0.492 e. The molecule has 1 saturated carbocycles. The van der Waals surface area contributed by atoms with Crippen LogP contribution in [-0.4, -0.2) is 28.9 Å². The van der Waals surface area contributed by atoms with Crippen LogP contribution in [-0.2, 0) is 13.0 Å². The number of carbonyl (C=O) groups is 1. The third kappa shape index (κ3) is 3.74. The van der Waals surface area contributed by atoms with E-state index < -0.39 is 0 Å². The highest BCUT2D eigenvalue weighted by Crippen LogP contribution is 2.32. The van der Waals surface area contributed by atoms with Crippen molar-refractivity contribution in [1.82, 2.24) is 9.88 Å². The maximum absolute atomic E-state index is 13.4. The lowest BCUT2D eigenvalue weighted by Crippen LogP contribution is -2.35. The molecule has 4 nitrogen and oxygen atoms in total. The molecule has 0 spiro atoms. The highest BCUT2D eigenvalue weighted by Gasteiger charge is 2.26. The molecule has 1 aliphatic heterocycles. The molecule has 136 valence electrons. The summed E-state index contributed by atoms with van der Waals surface area (Å²) < 4.78 is 5.78. The molecule has 2 aromatic rings. The van der Waals surface area contributed by atoms with Crippen LogP contribution in [0.25, 0.3) is 0 Å². The van der Waals surface area contributed by atoms with E-state index >= 15 is 0 Å². The summed E-state index contributed by atoms with van der Waals surface area (Å²) in [5.41, 5.74) is 2.99. The van der Waals surface area contributed by atoms with Crippen LogP contribution >= 0.6 is 0 Å². The van der Waals surface area contributed by atoms with Crippen LogP contribution in [0.15, 0.2) is 42.7 Å². The highest BCUT2D eigenvalue weighted by atomic mass is 16.5. The van der Waals surface area contributed by atoms with E-state index in [4.69, 9.17) is 4.74 Å². The van der Waals surface area contributed by atoms with Crippen LogP contribution in [0, 0.1) is 5.92 Å². The van der Waals surface area contributed by atoms with Gasteiger partial charge in [0, 0.05) is 31.9 Å². The first-order valence-electron chi connectivity index (χ1n) is 9.74. The van der Waals surface area contributed by atoms with Crippen molar-refractivity contribution in [3.63, 3.8) is 0 Å². The van der Waals surface area contributed by atoms with Gasteiger partial charge in [0.15, 0.2) is 0 Å². The van der Waals surface area contributed by atoms with Crippen molar-refractivity contribution in [1.29, 1.82) is 0 Å². The summed E-state index contributed by atoms with van der Waals surface area (Å²) in [5, 5.41) is 0. The molecule has 0 atom stereocenters. The number of pyridine rings is 1. The van der Waals surface area contributed by atoms with E-state index in [0.29, 0.717) is 24.6 Å². The van der Waals surface area contributed by atoms with Crippen molar-refractivity contribution in [3.8, 4) is 5.75 Å². The van der Waals surface area contributed by atoms with Gasteiger partial charge in [-0.1, -0.05) is 31.4 Å². The van der Waals surface area contributed by atoms with Crippen molar-refractivity contribution >= 4 is 5.91 Å². The van der Waals surface area contributed by atoms with E-state index in [9.17, 15) is 4.79 Å². The van der Waals surface area contributed by atoms with Crippen LogP contribution in [0.3, 0.4) is 0 Å². The summed E-state index contributed by atoms with van der Waals surface area (Å²) in [5.74, 6) is 1.49. The quantitative estimate of drug-likeness (QED) is 0.810. The molecule has 0 unspecified atom stereocenters. The number of fused-ring (bicyclic) bond motifs is 1. The molecule has 0 bridgehead atoms. The average Bonchev–Trinajstić information content (AvgIpc) is 3.17. The molecule has 1 amide bonds. The van der Waals surface area contributed by atoms with E-state index in [2.05, 4.69) is 11.1 Å². The maximum Gasteiger partial charge on any atom is 0.257 e. The smallest absolute Gasteiger partial charge is 0.257 e. The Morgan fingerprint density at radius 2 is 1.92 bits per heavy atom. The minimum absolute atomic E-state index is 0.0890. The van der Waals surface area contributed by atoms with Crippen molar-refractivity contribution in [2.24, 2.45) is 5.92 Å². The first-order valence-corrected chi connectivity index (χ1v) is 9.74. The Kier molecular flexibility index (Phi) is 5.19. The number of hydrogen-bond acceptors (Lipinski definition) is 3. The van der Waals surface area contributed by atoms with Crippen molar-refractivity contribution in [2.45, 2.75) is 45.1 Å². The molecular weight excluding hydrogens is 324 g/mol. The fourth-order valence-electron chi connectivity index (χ4n) is 4.16. The molecule has 2 aliphatic rings. The number of para-hydroxylation sites is 1. The minimum atomic E-state index is 0.0890. The summed E-state index contributed by atoms with van der Waals surface area (Å²) in [4.78, 5) is 19.5. The predicted octanol–water partition coefficient (Wildman–Crippen LogP) is 4.24. The number of amides is 1. The predicted molar refractivity (Wildman–Crippen MR) is 101 cm³/mol. The van der Waals surface area contributed by atoms with Gasteiger partial charge in [0.05, 0.1) is 12.2 Å². The monoisotopic (exact) mass is 350 g/mol. The van der Waals surface area contributed by atoms with E-state index in [-0.39, 0.29) is 5.91 Å². The molecule has 1 fully saturated rings. The molecule has 0 radical (unpaired) electrons. The Morgan fingerprint density at radius 3 is 2.73 bits per heavy atom. The summed E-state index contributed by atoms with van der Waals surface area (Å²) >= 11 is 0. The maximum atomic E-state index is 13.4. The number of ether oxygens (including phenoxy) is 1. The first-order chi connectivity index (χ1) is 12.8. The molecule has 4 heteroatoms. The van der Waals surface area contributed by atoms with Crippen LogP contribution in [0.5, 0.6) is 5.75 Å². The Bertz CT molecular complexity index is 754. The fraction of sp³-hybridized carbons (Fsp3) is 0.455. The SMILES string of the molecule is O=C(c1cccc2c1OCC2)N(Cc1ccncc1)CC1CCCCC1. The second kappa shape index (κ2) is 7.90. The van der Waals surface area contributed by atoms with Crippen molar-refractivity contribution in [3.05, 3.63) is 59.4 Å². The topological polar surface area (TPSA) is 42.4 Å². The largest absolute Gasteiger partial charge is 0.492 e. The Morgan fingerprint density at radius 1 is 1.12 bits per heavy atom. The zero-order valence-corrected chi connectivity index (χ0v) is 15.2. The molecule has 4 rings (SSSR count). The summed E-state index contributed by atoms with van der Waals surface area (Å²) in [6.45, 7) is 2.12. The van der Waals surface area contributed by atoms with Crippen LogP contribution in [0.4, 0.5) is 0 Å². The highest BCUT2D eigenvalue weighted by molar-refractivity contribution is 5.97. The zero-order valence-electron chi connectivity index (χ0n) is 15.2. The summed E-state index contributed by atoms with van der Waals surface area (Å²) in [7, 11) is 0.